The lowest BCUT2D eigenvalue weighted by molar-refractivity contribution is 0.0295. The molecule has 1 atom stereocenters. The first-order chi connectivity index (χ1) is 16.9. The number of rotatable bonds is 9. The van der Waals surface area contributed by atoms with Gasteiger partial charge in [-0.25, -0.2) is 18.2 Å². The summed E-state index contributed by atoms with van der Waals surface area (Å²) in [6, 6.07) is 16.9. The molecule has 10 nitrogen and oxygen atoms in total. The number of nitrogens with two attached hydrogens (primary N) is 1. The number of nitrogens with zero attached hydrogens (tertiary/aromatic N) is 2. The van der Waals surface area contributed by atoms with Crippen molar-refractivity contribution >= 4 is 16.1 Å². The van der Waals surface area contributed by atoms with Gasteiger partial charge in [0.1, 0.15) is 23.0 Å². The van der Waals surface area contributed by atoms with Gasteiger partial charge in [0.15, 0.2) is 6.23 Å². The molecular weight excluding hydrogens is 474 g/mol. The van der Waals surface area contributed by atoms with Gasteiger partial charge in [0, 0.05) is 25.3 Å². The van der Waals surface area contributed by atoms with E-state index in [0.29, 0.717) is 36.7 Å². The lowest BCUT2D eigenvalue weighted by Gasteiger charge is -2.34. The average molecular weight is 500 g/mol. The molecule has 0 aliphatic carbocycles. The van der Waals surface area contributed by atoms with Gasteiger partial charge >= 0.3 is 6.09 Å². The molecule has 35 heavy (non-hydrogen) atoms. The van der Waals surface area contributed by atoms with Gasteiger partial charge < -0.3 is 24.7 Å². The monoisotopic (exact) mass is 499 g/mol. The zero-order valence-corrected chi connectivity index (χ0v) is 19.8. The highest BCUT2D eigenvalue weighted by molar-refractivity contribution is 7.89. The molecule has 1 aliphatic heterocycles. The smallest absolute Gasteiger partial charge is 0.406 e. The number of hydrogen-bond acceptors (Lipinski definition) is 8. The van der Waals surface area contributed by atoms with Crippen LogP contribution in [-0.2, 0) is 25.9 Å². The molecule has 0 fully saturated rings. The van der Waals surface area contributed by atoms with Crippen LogP contribution < -0.4 is 15.2 Å². The number of pyridine rings is 1. The van der Waals surface area contributed by atoms with Crippen molar-refractivity contribution in [1.82, 2.24) is 9.29 Å². The summed E-state index contributed by atoms with van der Waals surface area (Å²) in [7, 11) is -2.45. The minimum atomic E-state index is -4.05. The second-order valence-electron chi connectivity index (χ2n) is 7.60. The molecule has 0 unspecified atom stereocenters. The first kappa shape index (κ1) is 24.5. The Labute approximate surface area is 203 Å². The Kier molecular flexibility index (Phi) is 7.49. The molecule has 184 valence electrons. The van der Waals surface area contributed by atoms with E-state index in [-0.39, 0.29) is 17.3 Å². The third kappa shape index (κ3) is 5.70. The maximum atomic E-state index is 13.4. The zero-order chi connectivity index (χ0) is 24.8. The summed E-state index contributed by atoms with van der Waals surface area (Å²) in [5.74, 6) is 1.39. The van der Waals surface area contributed by atoms with E-state index in [0.717, 1.165) is 9.87 Å². The molecule has 2 N–H and O–H groups in total. The van der Waals surface area contributed by atoms with Crippen molar-refractivity contribution in [1.29, 1.82) is 0 Å². The maximum absolute atomic E-state index is 13.4. The zero-order valence-electron chi connectivity index (χ0n) is 19.0. The number of sulfonamides is 1. The Morgan fingerprint density at radius 1 is 1.06 bits per heavy atom. The lowest BCUT2D eigenvalue weighted by atomic mass is 10.00. The van der Waals surface area contributed by atoms with E-state index in [9.17, 15) is 13.2 Å². The summed E-state index contributed by atoms with van der Waals surface area (Å²) >= 11 is 0. The van der Waals surface area contributed by atoms with Crippen LogP contribution in [0.3, 0.4) is 0 Å². The molecule has 2 aromatic carbocycles. The largest absolute Gasteiger partial charge is 0.491 e. The Hall–Kier alpha value is -3.67. The van der Waals surface area contributed by atoms with E-state index in [1.807, 2.05) is 12.1 Å². The molecule has 0 bridgehead atoms. The fourth-order valence-corrected chi connectivity index (χ4v) is 5.10. The summed E-state index contributed by atoms with van der Waals surface area (Å²) in [6.45, 7) is 1.03. The minimum Gasteiger partial charge on any atom is -0.491 e. The van der Waals surface area contributed by atoms with Crippen LogP contribution in [0, 0.1) is 0 Å². The van der Waals surface area contributed by atoms with Crippen LogP contribution in [0.5, 0.6) is 17.4 Å². The molecule has 3 aromatic rings. The Morgan fingerprint density at radius 2 is 1.80 bits per heavy atom. The summed E-state index contributed by atoms with van der Waals surface area (Å²) in [5.41, 5.74) is 6.70. The second kappa shape index (κ2) is 10.7. The van der Waals surface area contributed by atoms with Crippen molar-refractivity contribution in [2.45, 2.75) is 17.5 Å². The number of carbonyl (C=O) groups is 1. The summed E-state index contributed by atoms with van der Waals surface area (Å²) in [6.07, 6.45) is -0.561. The van der Waals surface area contributed by atoms with E-state index < -0.39 is 22.3 Å². The van der Waals surface area contributed by atoms with Crippen LogP contribution >= 0.6 is 0 Å². The molecule has 1 amide bonds. The van der Waals surface area contributed by atoms with E-state index in [1.54, 1.807) is 43.5 Å². The number of hydrogen-bond donors (Lipinski definition) is 1. The van der Waals surface area contributed by atoms with E-state index in [1.165, 1.54) is 18.3 Å². The summed E-state index contributed by atoms with van der Waals surface area (Å²) in [4.78, 5) is 15.6. The van der Waals surface area contributed by atoms with Gasteiger partial charge in [-0.05, 0) is 42.3 Å². The first-order valence-electron chi connectivity index (χ1n) is 10.8. The molecule has 2 heterocycles. The summed E-state index contributed by atoms with van der Waals surface area (Å²) < 4.78 is 49.3. The highest BCUT2D eigenvalue weighted by Gasteiger charge is 2.38. The molecule has 1 aliphatic rings. The van der Waals surface area contributed by atoms with Crippen LogP contribution in [0.1, 0.15) is 17.4 Å². The van der Waals surface area contributed by atoms with E-state index in [2.05, 4.69) is 4.98 Å². The average Bonchev–Trinajstić information content (AvgIpc) is 2.85. The molecule has 0 saturated heterocycles. The van der Waals surface area contributed by atoms with Crippen LogP contribution in [0.25, 0.3) is 0 Å². The number of ether oxygens (including phenoxy) is 4. The standard InChI is InChI=1S/C24H25N3O7S/c1-31-14-15-32-18-6-8-19(9-7-18)33-22-11-10-20(16-26-22)35(29,30)27-13-12-17-4-2-3-5-21(17)23(27)34-24(25)28/h2-11,16,23H,12-15H2,1H3,(H2,25,28)/t23-/m1/s1. The number of methoxy groups -OCH3 is 1. The Morgan fingerprint density at radius 3 is 2.49 bits per heavy atom. The molecule has 4 rings (SSSR count). The lowest BCUT2D eigenvalue weighted by Crippen LogP contribution is -2.42. The van der Waals surface area contributed by atoms with Crippen molar-refractivity contribution in [3.05, 3.63) is 78.0 Å². The van der Waals surface area contributed by atoms with Gasteiger partial charge in [0.05, 0.1) is 12.8 Å². The van der Waals surface area contributed by atoms with Crippen molar-refractivity contribution in [2.75, 3.05) is 26.9 Å². The number of benzene rings is 2. The fraction of sp³-hybridized carbons (Fsp3) is 0.250. The van der Waals surface area contributed by atoms with Gasteiger partial charge in [0.2, 0.25) is 15.9 Å². The van der Waals surface area contributed by atoms with Gasteiger partial charge in [-0.2, -0.15) is 4.31 Å². The first-order valence-corrected chi connectivity index (χ1v) is 12.2. The Balaban J connectivity index is 1.49. The SMILES string of the molecule is COCCOc1ccc(Oc2ccc(S(=O)(=O)N3CCc4ccccc4[C@H]3OC(N)=O)cn2)cc1. The number of amides is 1. The van der Waals surface area contributed by atoms with Crippen LogP contribution in [0.15, 0.2) is 71.8 Å². The molecule has 0 saturated carbocycles. The molecular formula is C24H25N3O7S. The third-order valence-corrected chi connectivity index (χ3v) is 7.16. The number of aromatic nitrogens is 1. The normalized spacial score (nSPS) is 15.7. The van der Waals surface area contributed by atoms with Crippen molar-refractivity contribution in [3.63, 3.8) is 0 Å². The van der Waals surface area contributed by atoms with E-state index in [4.69, 9.17) is 24.7 Å². The van der Waals surface area contributed by atoms with Crippen LogP contribution in [0.2, 0.25) is 0 Å². The Bertz CT molecular complexity index is 1270. The quantitative estimate of drug-likeness (QED) is 0.444. The van der Waals surface area contributed by atoms with Crippen molar-refractivity contribution in [2.24, 2.45) is 5.73 Å². The van der Waals surface area contributed by atoms with Gasteiger partial charge in [-0.1, -0.05) is 24.3 Å². The topological polar surface area (TPSA) is 130 Å². The number of primary amides is 1. The van der Waals surface area contributed by atoms with Gasteiger partial charge in [-0.15, -0.1) is 0 Å². The molecule has 1 aromatic heterocycles. The molecule has 11 heteroatoms. The highest BCUT2D eigenvalue weighted by Crippen LogP contribution is 2.35. The number of fused-ring (bicyclic) bond motifs is 1. The molecule has 0 radical (unpaired) electrons. The predicted molar refractivity (Wildman–Crippen MR) is 126 cm³/mol. The number of carbonyl (C=O) groups excluding carboxylic acids is 1. The maximum Gasteiger partial charge on any atom is 0.406 e. The van der Waals surface area contributed by atoms with Crippen LogP contribution in [0.4, 0.5) is 4.79 Å². The summed E-state index contributed by atoms with van der Waals surface area (Å²) in [5, 5.41) is 0. The van der Waals surface area contributed by atoms with Gasteiger partial charge in [-0.3, -0.25) is 0 Å². The highest BCUT2D eigenvalue weighted by atomic mass is 32.2. The fourth-order valence-electron chi connectivity index (χ4n) is 3.67. The van der Waals surface area contributed by atoms with Gasteiger partial charge in [0.25, 0.3) is 0 Å². The van der Waals surface area contributed by atoms with Crippen molar-refractivity contribution < 1.29 is 32.2 Å². The predicted octanol–water partition coefficient (Wildman–Crippen LogP) is 3.24. The minimum absolute atomic E-state index is 0.0656. The molecule has 0 spiro atoms. The van der Waals surface area contributed by atoms with E-state index >= 15 is 0 Å². The van der Waals surface area contributed by atoms with Crippen LogP contribution in [-0.4, -0.2) is 50.7 Å². The van der Waals surface area contributed by atoms with Crippen molar-refractivity contribution in [3.8, 4) is 17.4 Å². The second-order valence-corrected chi connectivity index (χ2v) is 9.49. The third-order valence-electron chi connectivity index (χ3n) is 5.33.